The number of aromatic carboxylic acids is 1. The van der Waals surface area contributed by atoms with Gasteiger partial charge in [-0.05, 0) is 12.0 Å². The van der Waals surface area contributed by atoms with Crippen LogP contribution in [0.25, 0.3) is 11.3 Å². The number of rotatable bonds is 7. The molecule has 2 aromatic rings. The van der Waals surface area contributed by atoms with Gasteiger partial charge in [0.15, 0.2) is 5.43 Å². The molecule has 2 heterocycles. The summed E-state index contributed by atoms with van der Waals surface area (Å²) in [5.74, 6) is -0.0837. The maximum absolute atomic E-state index is 12.4. The van der Waals surface area contributed by atoms with E-state index >= 15 is 0 Å². The van der Waals surface area contributed by atoms with E-state index in [0.717, 1.165) is 6.42 Å². The van der Waals surface area contributed by atoms with E-state index in [0.29, 0.717) is 47.6 Å². The van der Waals surface area contributed by atoms with Gasteiger partial charge in [-0.15, -0.1) is 0 Å². The standard InChI is InChI=1S/C21H24ClNO6/c1-12(2)17-11-29-19-9-20(28-6-4-5-27-3)15(22)7-13(19)16-8-18(24)14(21(25)26)10-23(16)17/h7-10,12,17H,4-6,11H2,1-3H3,(H,25,26)/t17-/m0/s1. The molecule has 0 saturated heterocycles. The van der Waals surface area contributed by atoms with E-state index in [1.165, 1.54) is 12.3 Å². The number of hydrogen-bond acceptors (Lipinski definition) is 5. The Hall–Kier alpha value is -2.51. The second-order valence-corrected chi connectivity index (χ2v) is 7.65. The lowest BCUT2D eigenvalue weighted by Crippen LogP contribution is -2.25. The minimum absolute atomic E-state index is 0.146. The number of halogens is 1. The highest BCUT2D eigenvalue weighted by Crippen LogP contribution is 2.42. The molecular formula is C21H24ClNO6. The first-order chi connectivity index (χ1) is 13.8. The summed E-state index contributed by atoms with van der Waals surface area (Å²) in [5.41, 5.74) is 0.359. The van der Waals surface area contributed by atoms with Crippen LogP contribution in [0.1, 0.15) is 36.7 Å². The van der Waals surface area contributed by atoms with Crippen LogP contribution in [0.3, 0.4) is 0 Å². The fraction of sp³-hybridized carbons (Fsp3) is 0.429. The number of ether oxygens (including phenoxy) is 3. The van der Waals surface area contributed by atoms with Gasteiger partial charge in [0, 0.05) is 44.0 Å². The molecule has 1 aromatic heterocycles. The van der Waals surface area contributed by atoms with Crippen LogP contribution in [0.4, 0.5) is 0 Å². The molecule has 1 aliphatic heterocycles. The van der Waals surface area contributed by atoms with Crippen molar-refractivity contribution >= 4 is 17.6 Å². The van der Waals surface area contributed by atoms with Crippen molar-refractivity contribution in [2.45, 2.75) is 26.3 Å². The molecule has 0 amide bonds. The fourth-order valence-electron chi connectivity index (χ4n) is 3.32. The van der Waals surface area contributed by atoms with Gasteiger partial charge >= 0.3 is 5.97 Å². The van der Waals surface area contributed by atoms with Crippen LogP contribution in [0.2, 0.25) is 5.02 Å². The maximum atomic E-state index is 12.4. The van der Waals surface area contributed by atoms with Gasteiger partial charge in [-0.1, -0.05) is 25.4 Å². The molecule has 0 unspecified atom stereocenters. The summed E-state index contributed by atoms with van der Waals surface area (Å²) in [6.07, 6.45) is 2.11. The lowest BCUT2D eigenvalue weighted by atomic mass is 10.0. The van der Waals surface area contributed by atoms with E-state index in [1.807, 2.05) is 13.8 Å². The zero-order valence-electron chi connectivity index (χ0n) is 16.6. The Morgan fingerprint density at radius 1 is 1.34 bits per heavy atom. The number of fused-ring (bicyclic) bond motifs is 3. The van der Waals surface area contributed by atoms with E-state index in [1.54, 1.807) is 23.8 Å². The second-order valence-electron chi connectivity index (χ2n) is 7.24. The summed E-state index contributed by atoms with van der Waals surface area (Å²) >= 11 is 6.42. The zero-order valence-corrected chi connectivity index (χ0v) is 17.4. The number of pyridine rings is 1. The van der Waals surface area contributed by atoms with E-state index in [2.05, 4.69) is 0 Å². The molecule has 0 fully saturated rings. The third-order valence-electron chi connectivity index (χ3n) is 4.91. The van der Waals surface area contributed by atoms with Crippen LogP contribution in [0.5, 0.6) is 11.5 Å². The normalized spacial score (nSPS) is 15.3. The van der Waals surface area contributed by atoms with E-state index < -0.39 is 11.4 Å². The number of carboxylic acid groups (broad SMARTS) is 1. The largest absolute Gasteiger partial charge is 0.492 e. The molecule has 29 heavy (non-hydrogen) atoms. The maximum Gasteiger partial charge on any atom is 0.341 e. The Bertz CT molecular complexity index is 968. The number of benzene rings is 1. The molecule has 156 valence electrons. The third kappa shape index (κ3) is 4.41. The van der Waals surface area contributed by atoms with Crippen molar-refractivity contribution in [3.05, 3.63) is 45.2 Å². The molecule has 8 heteroatoms. The van der Waals surface area contributed by atoms with Crippen LogP contribution in [0, 0.1) is 5.92 Å². The van der Waals surface area contributed by atoms with Gasteiger partial charge in [0.2, 0.25) is 0 Å². The molecule has 1 aliphatic rings. The summed E-state index contributed by atoms with van der Waals surface area (Å²) in [6.45, 7) is 5.38. The Morgan fingerprint density at radius 3 is 2.76 bits per heavy atom. The number of aromatic nitrogens is 1. The smallest absolute Gasteiger partial charge is 0.341 e. The number of carbonyl (C=O) groups is 1. The molecule has 0 radical (unpaired) electrons. The van der Waals surface area contributed by atoms with Crippen LogP contribution in [-0.4, -0.2) is 42.6 Å². The zero-order chi connectivity index (χ0) is 21.1. The number of hydrogen-bond donors (Lipinski definition) is 1. The van der Waals surface area contributed by atoms with Gasteiger partial charge in [0.1, 0.15) is 23.7 Å². The highest BCUT2D eigenvalue weighted by atomic mass is 35.5. The van der Waals surface area contributed by atoms with Crippen molar-refractivity contribution in [3.8, 4) is 22.8 Å². The monoisotopic (exact) mass is 421 g/mol. The molecular weight excluding hydrogens is 398 g/mol. The molecule has 0 saturated carbocycles. The predicted octanol–water partition coefficient (Wildman–Crippen LogP) is 3.87. The predicted molar refractivity (Wildman–Crippen MR) is 109 cm³/mol. The second kappa shape index (κ2) is 8.88. The Morgan fingerprint density at radius 2 is 2.10 bits per heavy atom. The minimum atomic E-state index is -1.25. The van der Waals surface area contributed by atoms with Gasteiger partial charge in [0.05, 0.1) is 23.4 Å². The van der Waals surface area contributed by atoms with Crippen molar-refractivity contribution in [2.24, 2.45) is 5.92 Å². The topological polar surface area (TPSA) is 87.0 Å². The summed E-state index contributed by atoms with van der Waals surface area (Å²) in [4.78, 5) is 23.9. The summed E-state index contributed by atoms with van der Waals surface area (Å²) < 4.78 is 18.6. The third-order valence-corrected chi connectivity index (χ3v) is 5.20. The van der Waals surface area contributed by atoms with Crippen molar-refractivity contribution in [2.75, 3.05) is 26.9 Å². The Balaban J connectivity index is 2.09. The van der Waals surface area contributed by atoms with Crippen molar-refractivity contribution < 1.29 is 24.1 Å². The van der Waals surface area contributed by atoms with Gasteiger partial charge in [-0.3, -0.25) is 4.79 Å². The quantitative estimate of drug-likeness (QED) is 0.683. The van der Waals surface area contributed by atoms with Crippen LogP contribution >= 0.6 is 11.6 Å². The van der Waals surface area contributed by atoms with Gasteiger partial charge in [-0.2, -0.15) is 0 Å². The minimum Gasteiger partial charge on any atom is -0.492 e. The van der Waals surface area contributed by atoms with E-state index in [4.69, 9.17) is 25.8 Å². The average Bonchev–Trinajstić information content (AvgIpc) is 2.81. The molecule has 0 bridgehead atoms. The molecule has 7 nitrogen and oxygen atoms in total. The summed E-state index contributed by atoms with van der Waals surface area (Å²) in [6, 6.07) is 4.59. The molecule has 1 aromatic carbocycles. The summed E-state index contributed by atoms with van der Waals surface area (Å²) in [5, 5.41) is 9.75. The fourth-order valence-corrected chi connectivity index (χ4v) is 3.54. The number of methoxy groups -OCH3 is 1. The van der Waals surface area contributed by atoms with Gasteiger partial charge in [-0.25, -0.2) is 4.79 Å². The number of nitrogens with zero attached hydrogens (tertiary/aromatic N) is 1. The molecule has 1 N–H and O–H groups in total. The van der Waals surface area contributed by atoms with Gasteiger partial charge in [0.25, 0.3) is 0 Å². The Kier molecular flexibility index (Phi) is 6.49. The van der Waals surface area contributed by atoms with Crippen LogP contribution in [0.15, 0.2) is 29.2 Å². The van der Waals surface area contributed by atoms with Crippen LogP contribution < -0.4 is 14.9 Å². The lowest BCUT2D eigenvalue weighted by Gasteiger charge is -2.24. The van der Waals surface area contributed by atoms with Gasteiger partial charge < -0.3 is 23.9 Å². The van der Waals surface area contributed by atoms with E-state index in [-0.39, 0.29) is 17.5 Å². The van der Waals surface area contributed by atoms with Crippen molar-refractivity contribution in [3.63, 3.8) is 0 Å². The van der Waals surface area contributed by atoms with Crippen LogP contribution in [-0.2, 0) is 4.74 Å². The highest BCUT2D eigenvalue weighted by Gasteiger charge is 2.27. The molecule has 3 rings (SSSR count). The molecule has 1 atom stereocenters. The molecule has 0 aliphatic carbocycles. The Labute approximate surface area is 173 Å². The number of carboxylic acids is 1. The first kappa shape index (κ1) is 21.2. The summed E-state index contributed by atoms with van der Waals surface area (Å²) in [7, 11) is 1.63. The highest BCUT2D eigenvalue weighted by molar-refractivity contribution is 6.32. The average molecular weight is 422 g/mol. The molecule has 0 spiro atoms. The SMILES string of the molecule is COCCCOc1cc2c(cc1Cl)-c1cc(=O)c(C(=O)O)cn1[C@H](C(C)C)CO2. The van der Waals surface area contributed by atoms with E-state index in [9.17, 15) is 14.7 Å². The first-order valence-electron chi connectivity index (χ1n) is 9.41. The van der Waals surface area contributed by atoms with Crippen molar-refractivity contribution in [1.82, 2.24) is 4.57 Å². The van der Waals surface area contributed by atoms with Crippen molar-refractivity contribution in [1.29, 1.82) is 0 Å². The first-order valence-corrected chi connectivity index (χ1v) is 9.79. The lowest BCUT2D eigenvalue weighted by molar-refractivity contribution is 0.0694.